The van der Waals surface area contributed by atoms with E-state index in [0.717, 1.165) is 6.07 Å². The number of hydrogen-bond donors (Lipinski definition) is 2. The van der Waals surface area contributed by atoms with Crippen LogP contribution < -0.4 is 10.9 Å². The van der Waals surface area contributed by atoms with Gasteiger partial charge >= 0.3 is 12.1 Å². The molecule has 0 spiro atoms. The molecule has 1 saturated heterocycles. The number of nitrogens with one attached hydrogen (secondary N) is 2. The van der Waals surface area contributed by atoms with Crippen LogP contribution in [-0.2, 0) is 20.5 Å². The molecule has 3 aromatic rings. The van der Waals surface area contributed by atoms with Gasteiger partial charge in [0.1, 0.15) is 5.60 Å². The Morgan fingerprint density at radius 1 is 1.08 bits per heavy atom. The van der Waals surface area contributed by atoms with Gasteiger partial charge in [0.05, 0.1) is 24.1 Å². The second kappa shape index (κ2) is 10.8. The fraction of sp³-hybridized carbons (Fsp3) is 0.370. The first-order valence-corrected chi connectivity index (χ1v) is 11.8. The van der Waals surface area contributed by atoms with Crippen LogP contribution in [0.4, 0.5) is 13.2 Å². The largest absolute Gasteiger partial charge is 0.457 e. The third-order valence-corrected chi connectivity index (χ3v) is 6.56. The number of amides is 1. The van der Waals surface area contributed by atoms with Gasteiger partial charge in [0.15, 0.2) is 0 Å². The van der Waals surface area contributed by atoms with Crippen LogP contribution in [0.3, 0.4) is 0 Å². The first kappa shape index (κ1) is 29.2. The molecular weight excluding hydrogens is 523 g/mol. The van der Waals surface area contributed by atoms with E-state index in [9.17, 15) is 27.6 Å². The molecule has 0 aliphatic carbocycles. The predicted molar refractivity (Wildman–Crippen MR) is 140 cm³/mol. The molecular formula is C27H29ClF3N3O4. The molecule has 38 heavy (non-hydrogen) atoms. The number of alkyl halides is 3. The number of halogens is 4. The minimum Gasteiger partial charge on any atom is -0.457 e. The van der Waals surface area contributed by atoms with Crippen LogP contribution in [0.25, 0.3) is 22.0 Å². The number of aromatic amines is 1. The summed E-state index contributed by atoms with van der Waals surface area (Å²) < 4.78 is 46.1. The third kappa shape index (κ3) is 6.02. The minimum atomic E-state index is -4.58. The highest BCUT2D eigenvalue weighted by Gasteiger charge is 2.43. The molecule has 2 atom stereocenters. The molecule has 1 aliphatic heterocycles. The summed E-state index contributed by atoms with van der Waals surface area (Å²) in [6, 6.07) is 11.0. The lowest BCUT2D eigenvalue weighted by molar-refractivity contribution is -0.160. The van der Waals surface area contributed by atoms with E-state index in [1.165, 1.54) is 24.3 Å². The molecule has 1 unspecified atom stereocenters. The molecule has 0 radical (unpaired) electrons. The fourth-order valence-corrected chi connectivity index (χ4v) is 4.68. The lowest BCUT2D eigenvalue weighted by Gasteiger charge is -2.31. The average Bonchev–Trinajstić information content (AvgIpc) is 3.20. The van der Waals surface area contributed by atoms with E-state index < -0.39 is 40.8 Å². The Labute approximate surface area is 223 Å². The Morgan fingerprint density at radius 3 is 2.42 bits per heavy atom. The van der Waals surface area contributed by atoms with Crippen molar-refractivity contribution in [3.63, 3.8) is 0 Å². The number of carbonyl (C=O) groups excluding carboxylic acids is 2. The zero-order chi connectivity index (χ0) is 27.1. The second-order valence-corrected chi connectivity index (χ2v) is 10.1. The number of fused-ring (bicyclic) bond motifs is 1. The van der Waals surface area contributed by atoms with Crippen molar-refractivity contribution in [3.05, 3.63) is 70.0 Å². The summed E-state index contributed by atoms with van der Waals surface area (Å²) in [5.74, 6) is -1.24. The summed E-state index contributed by atoms with van der Waals surface area (Å²) in [6.45, 7) is 3.58. The van der Waals surface area contributed by atoms with Crippen LogP contribution >= 0.6 is 12.4 Å². The van der Waals surface area contributed by atoms with Gasteiger partial charge in [0, 0.05) is 16.6 Å². The number of benzene rings is 2. The Morgan fingerprint density at radius 2 is 1.76 bits per heavy atom. The summed E-state index contributed by atoms with van der Waals surface area (Å²) >= 11 is 0. The Bertz CT molecular complexity index is 1420. The van der Waals surface area contributed by atoms with E-state index in [1.807, 2.05) is 0 Å². The van der Waals surface area contributed by atoms with E-state index in [2.05, 4.69) is 10.3 Å². The highest BCUT2D eigenvalue weighted by atomic mass is 35.5. The van der Waals surface area contributed by atoms with Crippen molar-refractivity contribution in [1.29, 1.82) is 0 Å². The molecule has 1 fully saturated rings. The standard InChI is InChI=1S/C27H28F3N3O4.ClH/c1-26(2,37-23(34)14-33(3)4)22-13-19(25(36)32-22)15-9-10-16-12-21(31-24(35)18(16)11-15)17-7-5-6-8-20(17)27(28,29)30;/h5-12,19,22H,13-14H2,1-4H3,(H,31,35)(H,32,36);1H/t19-,22?;/m0./s1. The lowest BCUT2D eigenvalue weighted by Crippen LogP contribution is -2.48. The quantitative estimate of drug-likeness (QED) is 0.441. The van der Waals surface area contributed by atoms with Crippen LogP contribution in [0.15, 0.2) is 53.3 Å². The molecule has 2 heterocycles. The number of esters is 1. The Hall–Kier alpha value is -3.37. The number of ether oxygens (including phenoxy) is 1. The molecule has 0 saturated carbocycles. The normalized spacial score (nSPS) is 17.8. The van der Waals surface area contributed by atoms with Crippen molar-refractivity contribution in [2.24, 2.45) is 0 Å². The van der Waals surface area contributed by atoms with Gasteiger partial charge in [-0.25, -0.2) is 0 Å². The highest BCUT2D eigenvalue weighted by molar-refractivity contribution is 5.90. The van der Waals surface area contributed by atoms with Gasteiger partial charge in [0.2, 0.25) is 5.91 Å². The average molecular weight is 552 g/mol. The van der Waals surface area contributed by atoms with E-state index >= 15 is 0 Å². The van der Waals surface area contributed by atoms with Gasteiger partial charge in [-0.3, -0.25) is 19.3 Å². The minimum absolute atomic E-state index is 0. The van der Waals surface area contributed by atoms with E-state index in [-0.39, 0.29) is 41.5 Å². The molecule has 11 heteroatoms. The van der Waals surface area contributed by atoms with Gasteiger partial charge in [-0.2, -0.15) is 13.2 Å². The third-order valence-electron chi connectivity index (χ3n) is 6.56. The van der Waals surface area contributed by atoms with Crippen LogP contribution in [-0.4, -0.2) is 54.0 Å². The van der Waals surface area contributed by atoms with Crippen LogP contribution in [0.5, 0.6) is 0 Å². The van der Waals surface area contributed by atoms with Gasteiger partial charge in [-0.1, -0.05) is 30.3 Å². The number of H-pyrrole nitrogens is 1. The van der Waals surface area contributed by atoms with E-state index in [0.29, 0.717) is 17.4 Å². The molecule has 7 nitrogen and oxygen atoms in total. The number of nitrogens with zero attached hydrogens (tertiary/aromatic N) is 1. The molecule has 204 valence electrons. The van der Waals surface area contributed by atoms with Crippen molar-refractivity contribution in [2.45, 2.75) is 44.0 Å². The molecule has 1 aliphatic rings. The van der Waals surface area contributed by atoms with Gasteiger partial charge in [-0.15, -0.1) is 12.4 Å². The summed E-state index contributed by atoms with van der Waals surface area (Å²) in [7, 11) is 3.50. The van der Waals surface area contributed by atoms with Crippen LogP contribution in [0.2, 0.25) is 0 Å². The van der Waals surface area contributed by atoms with Crippen LogP contribution in [0, 0.1) is 0 Å². The second-order valence-electron chi connectivity index (χ2n) is 10.1. The van der Waals surface area contributed by atoms with Gasteiger partial charge < -0.3 is 15.0 Å². The number of aromatic nitrogens is 1. The number of pyridine rings is 1. The summed E-state index contributed by atoms with van der Waals surface area (Å²) in [4.78, 5) is 42.2. The molecule has 2 N–H and O–H groups in total. The maximum absolute atomic E-state index is 13.5. The van der Waals surface area contributed by atoms with Gasteiger partial charge in [0.25, 0.3) is 5.56 Å². The van der Waals surface area contributed by atoms with E-state index in [4.69, 9.17) is 4.74 Å². The Kier molecular flexibility index (Phi) is 8.28. The maximum atomic E-state index is 13.5. The van der Waals surface area contributed by atoms with Gasteiger partial charge in [-0.05, 0) is 63.5 Å². The predicted octanol–water partition coefficient (Wildman–Crippen LogP) is 4.49. The highest BCUT2D eigenvalue weighted by Crippen LogP contribution is 2.37. The molecule has 1 aromatic heterocycles. The van der Waals surface area contributed by atoms with Crippen molar-refractivity contribution in [2.75, 3.05) is 20.6 Å². The molecule has 1 amide bonds. The first-order chi connectivity index (χ1) is 17.3. The summed E-state index contributed by atoms with van der Waals surface area (Å²) in [5.41, 5.74) is -1.83. The Balaban J connectivity index is 0.00000400. The number of hydrogen-bond acceptors (Lipinski definition) is 5. The SMILES string of the molecule is CN(C)CC(=O)OC(C)(C)C1C[C@@H](c2ccc3cc(-c4ccccc4C(F)(F)F)[nH]c(=O)c3c2)C(=O)N1.Cl. The smallest absolute Gasteiger partial charge is 0.417 e. The topological polar surface area (TPSA) is 91.5 Å². The molecule has 2 aromatic carbocycles. The summed E-state index contributed by atoms with van der Waals surface area (Å²) in [6.07, 6.45) is -4.23. The summed E-state index contributed by atoms with van der Waals surface area (Å²) in [5, 5.41) is 3.61. The lowest BCUT2D eigenvalue weighted by atomic mass is 9.89. The van der Waals surface area contributed by atoms with Crippen molar-refractivity contribution < 1.29 is 27.5 Å². The van der Waals surface area contributed by atoms with E-state index in [1.54, 1.807) is 51.0 Å². The number of likely N-dealkylation sites (N-methyl/N-ethyl adjacent to an activating group) is 1. The monoisotopic (exact) mass is 551 g/mol. The first-order valence-electron chi connectivity index (χ1n) is 11.8. The van der Waals surface area contributed by atoms with Crippen molar-refractivity contribution in [1.82, 2.24) is 15.2 Å². The van der Waals surface area contributed by atoms with Crippen molar-refractivity contribution >= 4 is 35.1 Å². The maximum Gasteiger partial charge on any atom is 0.417 e. The number of carbonyl (C=O) groups is 2. The number of rotatable bonds is 6. The van der Waals surface area contributed by atoms with Crippen LogP contribution in [0.1, 0.15) is 37.3 Å². The molecule has 4 rings (SSSR count). The fourth-order valence-electron chi connectivity index (χ4n) is 4.68. The zero-order valence-electron chi connectivity index (χ0n) is 21.3. The molecule has 0 bridgehead atoms. The zero-order valence-corrected chi connectivity index (χ0v) is 22.1. The van der Waals surface area contributed by atoms with Crippen molar-refractivity contribution in [3.8, 4) is 11.3 Å².